The van der Waals surface area contributed by atoms with Gasteiger partial charge in [-0.3, -0.25) is 19.2 Å². The van der Waals surface area contributed by atoms with E-state index >= 15 is 0 Å². The summed E-state index contributed by atoms with van der Waals surface area (Å²) in [6.07, 6.45) is 4.82. The number of rotatable bonds is 8. The normalized spacial score (nSPS) is 15.5. The summed E-state index contributed by atoms with van der Waals surface area (Å²) in [4.78, 5) is 57.2. The van der Waals surface area contributed by atoms with Crippen molar-refractivity contribution in [1.82, 2.24) is 15.1 Å². The highest BCUT2D eigenvalue weighted by Crippen LogP contribution is 2.25. The lowest BCUT2D eigenvalue weighted by atomic mass is 10.1. The van der Waals surface area contributed by atoms with Crippen molar-refractivity contribution in [2.45, 2.75) is 19.3 Å². The molecular formula is C31H34N4O6. The molecule has 0 spiro atoms. The molecule has 41 heavy (non-hydrogen) atoms. The second-order valence-electron chi connectivity index (χ2n) is 10.2. The van der Waals surface area contributed by atoms with Crippen LogP contribution in [0.25, 0.3) is 11.0 Å². The summed E-state index contributed by atoms with van der Waals surface area (Å²) in [6.45, 7) is 7.31. The molecular weight excluding hydrogens is 524 g/mol. The van der Waals surface area contributed by atoms with E-state index in [1.54, 1.807) is 29.2 Å². The highest BCUT2D eigenvalue weighted by molar-refractivity contribution is 6.00. The van der Waals surface area contributed by atoms with Crippen LogP contribution in [0.3, 0.4) is 0 Å². The van der Waals surface area contributed by atoms with Crippen LogP contribution >= 0.6 is 0 Å². The molecule has 2 aliphatic rings. The predicted molar refractivity (Wildman–Crippen MR) is 155 cm³/mol. The van der Waals surface area contributed by atoms with E-state index in [0.29, 0.717) is 44.1 Å². The number of nitrogens with zero attached hydrogens (tertiary/aromatic N) is 3. The third-order valence-corrected chi connectivity index (χ3v) is 7.44. The molecule has 1 aromatic heterocycles. The molecule has 10 heteroatoms. The lowest BCUT2D eigenvalue weighted by Gasteiger charge is -2.37. The minimum atomic E-state index is -0.645. The van der Waals surface area contributed by atoms with E-state index in [1.807, 2.05) is 29.2 Å². The van der Waals surface area contributed by atoms with Crippen LogP contribution in [-0.2, 0) is 4.79 Å². The van der Waals surface area contributed by atoms with Crippen LogP contribution in [0.5, 0.6) is 5.75 Å². The Hall–Kier alpha value is -4.60. The second-order valence-corrected chi connectivity index (χ2v) is 10.2. The molecule has 3 aromatic rings. The minimum absolute atomic E-state index is 0.0586. The monoisotopic (exact) mass is 558 g/mol. The van der Waals surface area contributed by atoms with Gasteiger partial charge in [0, 0.05) is 51.0 Å². The smallest absolute Gasteiger partial charge is 0.287 e. The lowest BCUT2D eigenvalue weighted by molar-refractivity contribution is -0.130. The minimum Gasteiger partial charge on any atom is -0.490 e. The van der Waals surface area contributed by atoms with Crippen molar-refractivity contribution >= 4 is 34.4 Å². The summed E-state index contributed by atoms with van der Waals surface area (Å²) in [5.74, 6) is -0.501. The van der Waals surface area contributed by atoms with E-state index in [9.17, 15) is 19.2 Å². The fraction of sp³-hybridized carbons (Fsp3) is 0.355. The molecule has 10 nitrogen and oxygen atoms in total. The zero-order valence-corrected chi connectivity index (χ0v) is 23.0. The van der Waals surface area contributed by atoms with Gasteiger partial charge in [0.25, 0.3) is 11.8 Å². The zero-order chi connectivity index (χ0) is 28.8. The molecule has 214 valence electrons. The summed E-state index contributed by atoms with van der Waals surface area (Å²) < 4.78 is 11.1. The van der Waals surface area contributed by atoms with Gasteiger partial charge in [-0.25, -0.2) is 0 Å². The summed E-state index contributed by atoms with van der Waals surface area (Å²) in [5, 5.41) is 2.86. The number of carbonyl (C=O) groups excluding carboxylic acids is 3. The van der Waals surface area contributed by atoms with E-state index in [0.717, 1.165) is 44.1 Å². The molecule has 0 radical (unpaired) electrons. The van der Waals surface area contributed by atoms with Gasteiger partial charge in [0.2, 0.25) is 5.91 Å². The summed E-state index contributed by atoms with van der Waals surface area (Å²) in [5.41, 5.74) is 1.44. The van der Waals surface area contributed by atoms with Gasteiger partial charge in [0.15, 0.2) is 11.2 Å². The average Bonchev–Trinajstić information content (AvgIpc) is 3.02. The third-order valence-electron chi connectivity index (χ3n) is 7.44. The average molecular weight is 559 g/mol. The van der Waals surface area contributed by atoms with E-state index in [2.05, 4.69) is 16.8 Å². The molecule has 0 bridgehead atoms. The molecule has 0 aliphatic carbocycles. The first-order valence-electron chi connectivity index (χ1n) is 14.0. The number of hydrogen-bond donors (Lipinski definition) is 1. The number of ether oxygens (including phenoxy) is 1. The fourth-order valence-corrected chi connectivity index (χ4v) is 5.24. The SMILES string of the molecule is C=CCOc1ccc2oc(C(=O)NCC(=O)N3CCN(c4ccccc4C(=O)N4CCCCC4)CC3)cc(=O)c2c1. The third kappa shape index (κ3) is 6.42. The molecule has 5 rings (SSSR count). The van der Waals surface area contributed by atoms with E-state index in [4.69, 9.17) is 9.15 Å². The largest absolute Gasteiger partial charge is 0.490 e. The number of hydrogen-bond acceptors (Lipinski definition) is 7. The first kappa shape index (κ1) is 27.9. The van der Waals surface area contributed by atoms with Crippen molar-refractivity contribution in [2.24, 2.45) is 0 Å². The number of piperidine rings is 1. The maximum absolute atomic E-state index is 13.2. The van der Waals surface area contributed by atoms with E-state index in [1.165, 1.54) is 0 Å². The highest BCUT2D eigenvalue weighted by Gasteiger charge is 2.26. The zero-order valence-electron chi connectivity index (χ0n) is 23.0. The highest BCUT2D eigenvalue weighted by atomic mass is 16.5. The van der Waals surface area contributed by atoms with Crippen LogP contribution in [-0.4, -0.2) is 79.9 Å². The van der Waals surface area contributed by atoms with E-state index in [-0.39, 0.29) is 40.5 Å². The summed E-state index contributed by atoms with van der Waals surface area (Å²) in [7, 11) is 0. The number of para-hydroxylation sites is 1. The number of fused-ring (bicyclic) bond motifs is 1. The Bertz CT molecular complexity index is 1500. The van der Waals surface area contributed by atoms with Crippen LogP contribution < -0.4 is 20.4 Å². The molecule has 1 N–H and O–H groups in total. The van der Waals surface area contributed by atoms with Crippen molar-refractivity contribution in [1.29, 1.82) is 0 Å². The Kier molecular flexibility index (Phi) is 8.67. The Morgan fingerprint density at radius 1 is 0.927 bits per heavy atom. The molecule has 3 heterocycles. The number of likely N-dealkylation sites (tertiary alicyclic amines) is 1. The molecule has 2 saturated heterocycles. The van der Waals surface area contributed by atoms with Crippen LogP contribution in [0.15, 0.2) is 70.4 Å². The van der Waals surface area contributed by atoms with Gasteiger partial charge in [-0.05, 0) is 49.6 Å². The Balaban J connectivity index is 1.16. The lowest BCUT2D eigenvalue weighted by Crippen LogP contribution is -2.51. The number of benzene rings is 2. The number of piperazine rings is 1. The van der Waals surface area contributed by atoms with Crippen LogP contribution in [0.1, 0.15) is 40.2 Å². The molecule has 0 atom stereocenters. The fourth-order valence-electron chi connectivity index (χ4n) is 5.24. The maximum Gasteiger partial charge on any atom is 0.287 e. The topological polar surface area (TPSA) is 112 Å². The van der Waals surface area contributed by atoms with Gasteiger partial charge in [0.1, 0.15) is 17.9 Å². The van der Waals surface area contributed by atoms with Gasteiger partial charge in [-0.15, -0.1) is 0 Å². The number of anilines is 1. The molecule has 0 saturated carbocycles. The quantitative estimate of drug-likeness (QED) is 0.423. The molecule has 3 amide bonds. The number of amides is 3. The van der Waals surface area contributed by atoms with Gasteiger partial charge < -0.3 is 29.2 Å². The van der Waals surface area contributed by atoms with Crippen molar-refractivity contribution < 1.29 is 23.5 Å². The standard InChI is InChI=1S/C31H34N4O6/c1-2-18-40-22-10-11-27-24(19-22)26(36)20-28(41-27)30(38)32-21-29(37)34-16-14-33(15-17-34)25-9-5-4-8-23(25)31(39)35-12-6-3-7-13-35/h2,4-5,8-11,19-20H,1,3,6-7,12-18,21H2,(H,32,38). The number of nitrogens with one attached hydrogen (secondary N) is 1. The summed E-state index contributed by atoms with van der Waals surface area (Å²) in [6, 6.07) is 13.5. The van der Waals surface area contributed by atoms with Gasteiger partial charge in [-0.1, -0.05) is 24.8 Å². The predicted octanol–water partition coefficient (Wildman–Crippen LogP) is 3.06. The van der Waals surface area contributed by atoms with E-state index < -0.39 is 5.91 Å². The number of carbonyl (C=O) groups is 3. The van der Waals surface area contributed by atoms with Crippen LogP contribution in [0.2, 0.25) is 0 Å². The first-order chi connectivity index (χ1) is 19.9. The van der Waals surface area contributed by atoms with Crippen molar-refractivity contribution in [3.05, 3.63) is 82.7 Å². The first-order valence-corrected chi connectivity index (χ1v) is 14.0. The molecule has 2 aromatic carbocycles. The molecule has 2 aliphatic heterocycles. The molecule has 2 fully saturated rings. The molecule has 0 unspecified atom stereocenters. The van der Waals surface area contributed by atoms with Crippen molar-refractivity contribution in [2.75, 3.05) is 57.3 Å². The second kappa shape index (κ2) is 12.7. The van der Waals surface area contributed by atoms with Crippen molar-refractivity contribution in [3.63, 3.8) is 0 Å². The Labute approximate surface area is 238 Å². The van der Waals surface area contributed by atoms with Gasteiger partial charge in [-0.2, -0.15) is 0 Å². The van der Waals surface area contributed by atoms with Gasteiger partial charge >= 0.3 is 0 Å². The summed E-state index contributed by atoms with van der Waals surface area (Å²) >= 11 is 0. The van der Waals surface area contributed by atoms with Crippen molar-refractivity contribution in [3.8, 4) is 5.75 Å². The van der Waals surface area contributed by atoms with Crippen LogP contribution in [0.4, 0.5) is 5.69 Å². The maximum atomic E-state index is 13.2. The Morgan fingerprint density at radius 2 is 1.68 bits per heavy atom. The van der Waals surface area contributed by atoms with Gasteiger partial charge in [0.05, 0.1) is 17.5 Å². The Morgan fingerprint density at radius 3 is 2.44 bits per heavy atom. The van der Waals surface area contributed by atoms with Crippen LogP contribution in [0, 0.1) is 0 Å².